The Kier molecular flexibility index (Phi) is 4.68. The van der Waals surface area contributed by atoms with E-state index in [0.717, 1.165) is 12.8 Å². The minimum absolute atomic E-state index is 0.00486. The SMILES string of the molecule is CCCC1SC=CN(CC(=O)OC)C1=O. The highest BCUT2D eigenvalue weighted by molar-refractivity contribution is 8.03. The first-order valence-electron chi connectivity index (χ1n) is 4.88. The van der Waals surface area contributed by atoms with Gasteiger partial charge < -0.3 is 9.64 Å². The highest BCUT2D eigenvalue weighted by Crippen LogP contribution is 2.24. The van der Waals surface area contributed by atoms with Gasteiger partial charge in [-0.2, -0.15) is 0 Å². The highest BCUT2D eigenvalue weighted by atomic mass is 32.2. The van der Waals surface area contributed by atoms with E-state index in [2.05, 4.69) is 4.74 Å². The molecule has 0 radical (unpaired) electrons. The second kappa shape index (κ2) is 5.80. The van der Waals surface area contributed by atoms with Gasteiger partial charge in [-0.25, -0.2) is 0 Å². The molecule has 1 aliphatic rings. The minimum Gasteiger partial charge on any atom is -0.468 e. The Morgan fingerprint density at radius 3 is 3.00 bits per heavy atom. The van der Waals surface area contributed by atoms with Crippen molar-refractivity contribution in [3.05, 3.63) is 11.6 Å². The summed E-state index contributed by atoms with van der Waals surface area (Å²) in [6.07, 6.45) is 3.44. The van der Waals surface area contributed by atoms with Crippen LogP contribution in [0.5, 0.6) is 0 Å². The molecule has 0 N–H and O–H groups in total. The number of rotatable bonds is 4. The van der Waals surface area contributed by atoms with Crippen LogP contribution in [0.15, 0.2) is 11.6 Å². The smallest absolute Gasteiger partial charge is 0.325 e. The third kappa shape index (κ3) is 3.27. The van der Waals surface area contributed by atoms with Crippen LogP contribution in [0.2, 0.25) is 0 Å². The van der Waals surface area contributed by atoms with Crippen molar-refractivity contribution in [3.8, 4) is 0 Å². The van der Waals surface area contributed by atoms with E-state index in [1.807, 2.05) is 12.3 Å². The van der Waals surface area contributed by atoms with Crippen LogP contribution in [0, 0.1) is 0 Å². The first kappa shape index (κ1) is 12.1. The number of carbonyl (C=O) groups is 2. The molecule has 0 spiro atoms. The van der Waals surface area contributed by atoms with Gasteiger partial charge in [0.05, 0.1) is 12.4 Å². The Hall–Kier alpha value is -0.970. The summed E-state index contributed by atoms with van der Waals surface area (Å²) < 4.78 is 4.52. The number of methoxy groups -OCH3 is 1. The van der Waals surface area contributed by atoms with E-state index >= 15 is 0 Å². The summed E-state index contributed by atoms with van der Waals surface area (Å²) >= 11 is 1.51. The molecule has 1 aliphatic heterocycles. The molecule has 1 atom stereocenters. The van der Waals surface area contributed by atoms with Crippen molar-refractivity contribution < 1.29 is 14.3 Å². The number of esters is 1. The Bertz CT molecular complexity index is 278. The van der Waals surface area contributed by atoms with E-state index in [-0.39, 0.29) is 17.7 Å². The second-order valence-electron chi connectivity index (χ2n) is 3.24. The van der Waals surface area contributed by atoms with E-state index in [4.69, 9.17) is 0 Å². The number of amides is 1. The monoisotopic (exact) mass is 229 g/mol. The largest absolute Gasteiger partial charge is 0.468 e. The van der Waals surface area contributed by atoms with Gasteiger partial charge in [0.15, 0.2) is 0 Å². The normalized spacial score (nSPS) is 20.5. The standard InChI is InChI=1S/C10H15NO3S/c1-3-4-8-10(13)11(5-6-15-8)7-9(12)14-2/h5-6,8H,3-4,7H2,1-2H3. The van der Waals surface area contributed by atoms with E-state index in [0.29, 0.717) is 0 Å². The predicted octanol–water partition coefficient (Wildman–Crippen LogP) is 1.37. The third-order valence-corrected chi connectivity index (χ3v) is 3.16. The van der Waals surface area contributed by atoms with Crippen molar-refractivity contribution in [2.45, 2.75) is 25.0 Å². The molecule has 1 heterocycles. The maximum absolute atomic E-state index is 11.8. The average Bonchev–Trinajstić information content (AvgIpc) is 2.24. The van der Waals surface area contributed by atoms with Gasteiger partial charge in [0.25, 0.3) is 0 Å². The minimum atomic E-state index is -0.393. The topological polar surface area (TPSA) is 46.6 Å². The first-order chi connectivity index (χ1) is 7.19. The van der Waals surface area contributed by atoms with Crippen molar-refractivity contribution in [2.24, 2.45) is 0 Å². The Morgan fingerprint density at radius 1 is 1.67 bits per heavy atom. The molecule has 1 rings (SSSR count). The zero-order chi connectivity index (χ0) is 11.3. The van der Waals surface area contributed by atoms with Crippen molar-refractivity contribution in [3.63, 3.8) is 0 Å². The van der Waals surface area contributed by atoms with Crippen molar-refractivity contribution in [1.82, 2.24) is 4.90 Å². The molecule has 0 aromatic rings. The molecule has 0 saturated heterocycles. The van der Waals surface area contributed by atoms with Gasteiger partial charge in [-0.15, -0.1) is 11.8 Å². The van der Waals surface area contributed by atoms with Gasteiger partial charge in [-0.1, -0.05) is 13.3 Å². The summed E-state index contributed by atoms with van der Waals surface area (Å²) in [5, 5.41) is 1.80. The number of ether oxygens (including phenoxy) is 1. The van der Waals surface area contributed by atoms with Gasteiger partial charge in [0, 0.05) is 6.20 Å². The maximum atomic E-state index is 11.8. The van der Waals surface area contributed by atoms with E-state index in [9.17, 15) is 9.59 Å². The number of hydrogen-bond acceptors (Lipinski definition) is 4. The quantitative estimate of drug-likeness (QED) is 0.683. The van der Waals surface area contributed by atoms with Crippen LogP contribution in [0.25, 0.3) is 0 Å². The fourth-order valence-corrected chi connectivity index (χ4v) is 2.34. The van der Waals surface area contributed by atoms with Gasteiger partial charge in [0.1, 0.15) is 6.54 Å². The van der Waals surface area contributed by atoms with Crippen molar-refractivity contribution in [2.75, 3.05) is 13.7 Å². The molecule has 15 heavy (non-hydrogen) atoms. The number of hydrogen-bond donors (Lipinski definition) is 0. The van der Waals surface area contributed by atoms with E-state index < -0.39 is 5.97 Å². The Labute approximate surface area is 93.6 Å². The molecule has 0 aliphatic carbocycles. The zero-order valence-corrected chi connectivity index (χ0v) is 9.75. The molecule has 4 nitrogen and oxygen atoms in total. The number of carbonyl (C=O) groups excluding carboxylic acids is 2. The third-order valence-electron chi connectivity index (χ3n) is 2.12. The summed E-state index contributed by atoms with van der Waals surface area (Å²) in [5.74, 6) is -0.398. The second-order valence-corrected chi connectivity index (χ2v) is 4.35. The van der Waals surface area contributed by atoms with Crippen LogP contribution in [-0.2, 0) is 14.3 Å². The van der Waals surface area contributed by atoms with Crippen LogP contribution < -0.4 is 0 Å². The molecular weight excluding hydrogens is 214 g/mol. The van der Waals surface area contributed by atoms with Gasteiger partial charge in [-0.05, 0) is 11.8 Å². The molecule has 0 bridgehead atoms. The lowest BCUT2D eigenvalue weighted by molar-refractivity contribution is -0.145. The summed E-state index contributed by atoms with van der Waals surface area (Å²) in [6.45, 7) is 2.05. The molecular formula is C10H15NO3S. The molecule has 0 aromatic heterocycles. The molecule has 1 amide bonds. The van der Waals surface area contributed by atoms with Gasteiger partial charge in [0.2, 0.25) is 5.91 Å². The molecule has 84 valence electrons. The predicted molar refractivity (Wildman–Crippen MR) is 59.2 cm³/mol. The summed E-state index contributed by atoms with van der Waals surface area (Å²) in [6, 6.07) is 0. The lowest BCUT2D eigenvalue weighted by Gasteiger charge is -2.25. The molecule has 0 aromatic carbocycles. The first-order valence-corrected chi connectivity index (χ1v) is 5.82. The van der Waals surface area contributed by atoms with Crippen molar-refractivity contribution in [1.29, 1.82) is 0 Å². The summed E-state index contributed by atoms with van der Waals surface area (Å²) in [4.78, 5) is 24.3. The molecule has 0 saturated carbocycles. The Morgan fingerprint density at radius 2 is 2.40 bits per heavy atom. The fourth-order valence-electron chi connectivity index (χ4n) is 1.31. The lowest BCUT2D eigenvalue weighted by atomic mass is 10.2. The van der Waals surface area contributed by atoms with Crippen LogP contribution in [-0.4, -0.2) is 35.7 Å². The number of nitrogens with zero attached hydrogens (tertiary/aromatic N) is 1. The summed E-state index contributed by atoms with van der Waals surface area (Å²) in [7, 11) is 1.32. The van der Waals surface area contributed by atoms with Crippen LogP contribution in [0.3, 0.4) is 0 Å². The van der Waals surface area contributed by atoms with E-state index in [1.165, 1.54) is 23.8 Å². The average molecular weight is 229 g/mol. The van der Waals surface area contributed by atoms with E-state index in [1.54, 1.807) is 6.20 Å². The molecule has 0 fully saturated rings. The fraction of sp³-hybridized carbons (Fsp3) is 0.600. The highest BCUT2D eigenvalue weighted by Gasteiger charge is 2.26. The molecule has 5 heteroatoms. The zero-order valence-electron chi connectivity index (χ0n) is 8.93. The Balaban J connectivity index is 2.58. The van der Waals surface area contributed by atoms with Gasteiger partial charge in [-0.3, -0.25) is 9.59 Å². The van der Waals surface area contributed by atoms with Crippen LogP contribution in [0.1, 0.15) is 19.8 Å². The number of thioether (sulfide) groups is 1. The summed E-state index contributed by atoms with van der Waals surface area (Å²) in [5.41, 5.74) is 0. The van der Waals surface area contributed by atoms with Gasteiger partial charge >= 0.3 is 5.97 Å². The van der Waals surface area contributed by atoms with Crippen molar-refractivity contribution >= 4 is 23.6 Å². The lowest BCUT2D eigenvalue weighted by Crippen LogP contribution is -2.39. The molecule has 1 unspecified atom stereocenters. The van der Waals surface area contributed by atoms with Crippen LogP contribution in [0.4, 0.5) is 0 Å². The maximum Gasteiger partial charge on any atom is 0.325 e. The van der Waals surface area contributed by atoms with Crippen LogP contribution >= 0.6 is 11.8 Å².